The van der Waals surface area contributed by atoms with Gasteiger partial charge in [0.05, 0.1) is 23.7 Å². The average molecular weight is 476 g/mol. The van der Waals surface area contributed by atoms with Crippen LogP contribution in [0.4, 0.5) is 11.4 Å². The van der Waals surface area contributed by atoms with Crippen molar-refractivity contribution < 1.29 is 27.4 Å². The lowest BCUT2D eigenvalue weighted by Gasteiger charge is -2.31. The summed E-state index contributed by atoms with van der Waals surface area (Å²) < 4.78 is 44.2. The largest absolute Gasteiger partial charge is 0.486 e. The molecule has 0 spiro atoms. The highest BCUT2D eigenvalue weighted by Gasteiger charge is 2.26. The van der Waals surface area contributed by atoms with Crippen molar-refractivity contribution in [3.05, 3.63) is 42.0 Å². The third-order valence-electron chi connectivity index (χ3n) is 5.71. The number of amides is 1. The van der Waals surface area contributed by atoms with Gasteiger partial charge < -0.3 is 24.4 Å². The van der Waals surface area contributed by atoms with E-state index in [1.54, 1.807) is 44.2 Å². The summed E-state index contributed by atoms with van der Waals surface area (Å²) >= 11 is 0. The minimum atomic E-state index is -3.72. The van der Waals surface area contributed by atoms with Gasteiger partial charge >= 0.3 is 0 Å². The van der Waals surface area contributed by atoms with E-state index in [1.165, 1.54) is 10.4 Å². The zero-order valence-corrected chi connectivity index (χ0v) is 19.7. The summed E-state index contributed by atoms with van der Waals surface area (Å²) in [6.07, 6.45) is 0. The molecule has 0 saturated carbocycles. The first-order valence-electron chi connectivity index (χ1n) is 11.1. The lowest BCUT2D eigenvalue weighted by atomic mass is 10.1. The quantitative estimate of drug-likeness (QED) is 0.657. The van der Waals surface area contributed by atoms with Gasteiger partial charge in [0.1, 0.15) is 13.2 Å². The van der Waals surface area contributed by atoms with E-state index in [0.29, 0.717) is 81.0 Å². The van der Waals surface area contributed by atoms with E-state index in [4.69, 9.17) is 14.2 Å². The van der Waals surface area contributed by atoms with Gasteiger partial charge in [-0.05, 0) is 30.3 Å². The van der Waals surface area contributed by atoms with Crippen LogP contribution in [-0.2, 0) is 14.8 Å². The molecule has 1 N–H and O–H groups in total. The maximum absolute atomic E-state index is 13.4. The molecule has 178 valence electrons. The van der Waals surface area contributed by atoms with E-state index < -0.39 is 15.9 Å². The Bertz CT molecular complexity index is 1110. The summed E-state index contributed by atoms with van der Waals surface area (Å²) in [5, 5.41) is 2.88. The molecule has 9 nitrogen and oxygen atoms in total. The molecule has 2 aromatic carbocycles. The molecule has 2 aliphatic rings. The van der Waals surface area contributed by atoms with Gasteiger partial charge in [-0.15, -0.1) is 0 Å². The van der Waals surface area contributed by atoms with Crippen molar-refractivity contribution in [1.82, 2.24) is 4.31 Å². The number of rotatable bonds is 7. The summed E-state index contributed by atoms with van der Waals surface area (Å²) in [4.78, 5) is 15.5. The predicted octanol–water partition coefficient (Wildman–Crippen LogP) is 2.58. The second-order valence-electron chi connectivity index (χ2n) is 7.68. The van der Waals surface area contributed by atoms with E-state index in [-0.39, 0.29) is 4.90 Å². The third kappa shape index (κ3) is 4.92. The van der Waals surface area contributed by atoms with E-state index in [9.17, 15) is 13.2 Å². The standard InChI is InChI=1S/C23H29N3O6S/c1-3-26(4-2)33(28,29)18-6-7-20(25-9-11-30-12-10-25)19(16-18)23(27)24-17-5-8-21-22(15-17)32-14-13-31-21/h5-8,15-16H,3-4,9-14H2,1-2H3,(H,24,27). The van der Waals surface area contributed by atoms with Crippen molar-refractivity contribution in [3.8, 4) is 11.5 Å². The SMILES string of the molecule is CCN(CC)S(=O)(=O)c1ccc(N2CCOCC2)c(C(=O)Nc2ccc3c(c2)OCCO3)c1. The van der Waals surface area contributed by atoms with E-state index in [0.717, 1.165) is 0 Å². The van der Waals surface area contributed by atoms with Crippen LogP contribution in [0.3, 0.4) is 0 Å². The minimum absolute atomic E-state index is 0.0931. The average Bonchev–Trinajstić information content (AvgIpc) is 2.84. The molecule has 0 unspecified atom stereocenters. The first-order chi connectivity index (χ1) is 15.9. The van der Waals surface area contributed by atoms with Crippen LogP contribution in [-0.4, -0.2) is 71.2 Å². The molecule has 4 rings (SSSR count). The molecule has 10 heteroatoms. The Morgan fingerprint density at radius 3 is 2.36 bits per heavy atom. The predicted molar refractivity (Wildman–Crippen MR) is 125 cm³/mol. The van der Waals surface area contributed by atoms with Crippen LogP contribution >= 0.6 is 0 Å². The highest BCUT2D eigenvalue weighted by Crippen LogP contribution is 2.33. The number of nitrogens with one attached hydrogen (secondary N) is 1. The van der Waals surface area contributed by atoms with E-state index in [2.05, 4.69) is 5.32 Å². The van der Waals surface area contributed by atoms with Crippen molar-refractivity contribution in [2.24, 2.45) is 0 Å². The van der Waals surface area contributed by atoms with Crippen molar-refractivity contribution in [2.45, 2.75) is 18.7 Å². The summed E-state index contributed by atoms with van der Waals surface area (Å²) in [6, 6.07) is 9.92. The molecule has 2 heterocycles. The lowest BCUT2D eigenvalue weighted by molar-refractivity contribution is 0.102. The van der Waals surface area contributed by atoms with Crippen molar-refractivity contribution in [3.63, 3.8) is 0 Å². The van der Waals surface area contributed by atoms with Gasteiger partial charge in [0.2, 0.25) is 10.0 Å². The van der Waals surface area contributed by atoms with E-state index >= 15 is 0 Å². The van der Waals surface area contributed by atoms with Gasteiger partial charge in [0.15, 0.2) is 11.5 Å². The normalized spacial score (nSPS) is 16.0. The van der Waals surface area contributed by atoms with Gasteiger partial charge in [-0.2, -0.15) is 4.31 Å². The van der Waals surface area contributed by atoms with Gasteiger partial charge in [-0.3, -0.25) is 4.79 Å². The number of benzene rings is 2. The molecule has 2 aromatic rings. The monoisotopic (exact) mass is 475 g/mol. The fraction of sp³-hybridized carbons (Fsp3) is 0.435. The van der Waals surface area contributed by atoms with Crippen LogP contribution in [0.1, 0.15) is 24.2 Å². The van der Waals surface area contributed by atoms with Crippen LogP contribution < -0.4 is 19.7 Å². The molecule has 0 radical (unpaired) electrons. The molecule has 0 aromatic heterocycles. The second kappa shape index (κ2) is 9.98. The van der Waals surface area contributed by atoms with Crippen LogP contribution in [0.25, 0.3) is 0 Å². The van der Waals surface area contributed by atoms with E-state index in [1.807, 2.05) is 4.90 Å². The number of morpholine rings is 1. The molecule has 1 saturated heterocycles. The number of hydrogen-bond acceptors (Lipinski definition) is 7. The topological polar surface area (TPSA) is 97.4 Å². The number of ether oxygens (including phenoxy) is 3. The number of fused-ring (bicyclic) bond motifs is 1. The highest BCUT2D eigenvalue weighted by molar-refractivity contribution is 7.89. The summed E-state index contributed by atoms with van der Waals surface area (Å²) in [5.74, 6) is 0.788. The zero-order valence-electron chi connectivity index (χ0n) is 18.9. The number of carbonyl (C=O) groups excluding carboxylic acids is 1. The number of carbonyl (C=O) groups is 1. The lowest BCUT2D eigenvalue weighted by Crippen LogP contribution is -2.37. The molecule has 0 atom stereocenters. The first kappa shape index (κ1) is 23.3. The summed E-state index contributed by atoms with van der Waals surface area (Å²) in [6.45, 7) is 7.53. The molecule has 1 amide bonds. The van der Waals surface area contributed by atoms with Crippen LogP contribution in [0.2, 0.25) is 0 Å². The minimum Gasteiger partial charge on any atom is -0.486 e. The molecule has 33 heavy (non-hydrogen) atoms. The molecule has 0 aliphatic carbocycles. The first-order valence-corrected chi connectivity index (χ1v) is 12.6. The molecular weight excluding hydrogens is 446 g/mol. The Hall–Kier alpha value is -2.82. The molecule has 1 fully saturated rings. The fourth-order valence-electron chi connectivity index (χ4n) is 3.97. The Kier molecular flexibility index (Phi) is 7.06. The molecular formula is C23H29N3O6S. The number of hydrogen-bond donors (Lipinski definition) is 1. The smallest absolute Gasteiger partial charge is 0.257 e. The van der Waals surface area contributed by atoms with Gasteiger partial charge in [0, 0.05) is 43.6 Å². The van der Waals surface area contributed by atoms with Gasteiger partial charge in [-0.1, -0.05) is 13.8 Å². The van der Waals surface area contributed by atoms with Crippen LogP contribution in [0, 0.1) is 0 Å². The maximum atomic E-state index is 13.4. The van der Waals surface area contributed by atoms with Crippen molar-refractivity contribution >= 4 is 27.3 Å². The number of anilines is 2. The summed E-state index contributed by atoms with van der Waals surface area (Å²) in [5.41, 5.74) is 1.50. The van der Waals surface area contributed by atoms with Crippen molar-refractivity contribution in [2.75, 3.05) is 62.8 Å². The van der Waals surface area contributed by atoms with Gasteiger partial charge in [0.25, 0.3) is 5.91 Å². The van der Waals surface area contributed by atoms with Crippen molar-refractivity contribution in [1.29, 1.82) is 0 Å². The fourth-order valence-corrected chi connectivity index (χ4v) is 5.45. The second-order valence-corrected chi connectivity index (χ2v) is 9.62. The Morgan fingerprint density at radius 2 is 1.67 bits per heavy atom. The Balaban J connectivity index is 1.69. The number of sulfonamides is 1. The third-order valence-corrected chi connectivity index (χ3v) is 7.75. The Morgan fingerprint density at radius 1 is 0.970 bits per heavy atom. The summed E-state index contributed by atoms with van der Waals surface area (Å²) in [7, 11) is -3.72. The van der Waals surface area contributed by atoms with Crippen LogP contribution in [0.5, 0.6) is 11.5 Å². The molecule has 2 aliphatic heterocycles. The maximum Gasteiger partial charge on any atom is 0.257 e. The Labute approximate surface area is 194 Å². The van der Waals surface area contributed by atoms with Gasteiger partial charge in [-0.25, -0.2) is 8.42 Å². The zero-order chi connectivity index (χ0) is 23.4. The van der Waals surface area contributed by atoms with Crippen LogP contribution in [0.15, 0.2) is 41.3 Å². The number of nitrogens with zero attached hydrogens (tertiary/aromatic N) is 2. The highest BCUT2D eigenvalue weighted by atomic mass is 32.2. The molecule has 0 bridgehead atoms.